The number of methoxy groups -OCH3 is 1. The standard InChI is InChI=1S/C23H18ClFN4O3S/c1-13-8-19(21(32-3)10-17(13)24)28-22(31)15(11-26)9-16-12-33-23(27-16)29(14(2)30)20-7-5-4-6-18(20)25/h4-10,12H,1-3H3,(H,28,31)/b15-9+. The molecule has 0 aliphatic carbocycles. The van der Waals surface area contributed by atoms with Crippen LogP contribution in [0.3, 0.4) is 0 Å². The van der Waals surface area contributed by atoms with Gasteiger partial charge in [0.2, 0.25) is 5.91 Å². The first-order valence-corrected chi connectivity index (χ1v) is 10.8. The normalized spacial score (nSPS) is 11.0. The van der Waals surface area contributed by atoms with Gasteiger partial charge in [-0.25, -0.2) is 9.37 Å². The molecule has 0 radical (unpaired) electrons. The van der Waals surface area contributed by atoms with E-state index in [1.807, 2.05) is 6.07 Å². The Hall–Kier alpha value is -3.74. The molecule has 0 saturated heterocycles. The molecule has 33 heavy (non-hydrogen) atoms. The summed E-state index contributed by atoms with van der Waals surface area (Å²) in [6.45, 7) is 3.06. The van der Waals surface area contributed by atoms with E-state index in [0.29, 0.717) is 16.5 Å². The number of benzene rings is 2. The second-order valence-electron chi connectivity index (χ2n) is 6.79. The van der Waals surface area contributed by atoms with E-state index in [2.05, 4.69) is 10.3 Å². The second-order valence-corrected chi connectivity index (χ2v) is 8.03. The lowest BCUT2D eigenvalue weighted by Crippen LogP contribution is -2.23. The molecule has 10 heteroatoms. The number of carbonyl (C=O) groups excluding carboxylic acids is 2. The number of rotatable bonds is 6. The van der Waals surface area contributed by atoms with Gasteiger partial charge >= 0.3 is 0 Å². The molecule has 0 saturated carbocycles. The highest BCUT2D eigenvalue weighted by Gasteiger charge is 2.21. The number of hydrogen-bond donors (Lipinski definition) is 1. The maximum absolute atomic E-state index is 14.2. The predicted octanol–water partition coefficient (Wildman–Crippen LogP) is 5.48. The van der Waals surface area contributed by atoms with Crippen molar-refractivity contribution in [3.8, 4) is 11.8 Å². The molecular weight excluding hydrogens is 467 g/mol. The van der Waals surface area contributed by atoms with E-state index in [0.717, 1.165) is 21.8 Å². The zero-order chi connectivity index (χ0) is 24.1. The van der Waals surface area contributed by atoms with E-state index in [-0.39, 0.29) is 22.1 Å². The topological polar surface area (TPSA) is 95.3 Å². The first-order chi connectivity index (χ1) is 15.7. The Morgan fingerprint density at radius 3 is 2.70 bits per heavy atom. The maximum atomic E-state index is 14.2. The number of hydrogen-bond acceptors (Lipinski definition) is 6. The quantitative estimate of drug-likeness (QED) is 0.369. The van der Waals surface area contributed by atoms with Crippen molar-refractivity contribution < 1.29 is 18.7 Å². The Bertz CT molecular complexity index is 1300. The Labute approximate surface area is 198 Å². The smallest absolute Gasteiger partial charge is 0.266 e. The fraction of sp³-hybridized carbons (Fsp3) is 0.130. The van der Waals surface area contributed by atoms with E-state index in [9.17, 15) is 19.2 Å². The summed E-state index contributed by atoms with van der Waals surface area (Å²) in [6.07, 6.45) is 1.28. The molecule has 0 spiro atoms. The number of ether oxygens (including phenoxy) is 1. The summed E-state index contributed by atoms with van der Waals surface area (Å²) in [4.78, 5) is 30.3. The molecular formula is C23H18ClFN4O3S. The number of nitrogens with zero attached hydrogens (tertiary/aromatic N) is 3. The van der Waals surface area contributed by atoms with Crippen molar-refractivity contribution in [3.05, 3.63) is 69.4 Å². The molecule has 2 aromatic carbocycles. The lowest BCUT2D eigenvalue weighted by Gasteiger charge is -2.18. The molecule has 3 aromatic rings. The van der Waals surface area contributed by atoms with E-state index < -0.39 is 17.6 Å². The molecule has 0 bridgehead atoms. The van der Waals surface area contributed by atoms with Crippen molar-refractivity contribution in [2.24, 2.45) is 0 Å². The fourth-order valence-electron chi connectivity index (χ4n) is 2.90. The average Bonchev–Trinajstić information content (AvgIpc) is 3.23. The van der Waals surface area contributed by atoms with Crippen LogP contribution in [0, 0.1) is 24.1 Å². The monoisotopic (exact) mass is 484 g/mol. The predicted molar refractivity (Wildman–Crippen MR) is 126 cm³/mol. The molecule has 0 aliphatic heterocycles. The van der Waals surface area contributed by atoms with Crippen LogP contribution in [0.4, 0.5) is 20.9 Å². The Kier molecular flexibility index (Phi) is 7.43. The number of carbonyl (C=O) groups is 2. The first-order valence-electron chi connectivity index (χ1n) is 9.53. The summed E-state index contributed by atoms with van der Waals surface area (Å²) in [5, 5.41) is 14.4. The summed E-state index contributed by atoms with van der Waals surface area (Å²) >= 11 is 7.16. The number of anilines is 3. The van der Waals surface area contributed by atoms with Gasteiger partial charge in [0.15, 0.2) is 5.13 Å². The molecule has 1 aromatic heterocycles. The molecule has 3 rings (SSSR count). The molecule has 0 unspecified atom stereocenters. The number of aromatic nitrogens is 1. The third-order valence-corrected chi connectivity index (χ3v) is 5.75. The summed E-state index contributed by atoms with van der Waals surface area (Å²) in [7, 11) is 1.44. The van der Waals surface area contributed by atoms with E-state index >= 15 is 0 Å². The summed E-state index contributed by atoms with van der Waals surface area (Å²) in [5.41, 5.74) is 1.17. The molecule has 0 fully saturated rings. The van der Waals surface area contributed by atoms with Gasteiger partial charge in [-0.05, 0) is 36.8 Å². The lowest BCUT2D eigenvalue weighted by atomic mass is 10.1. The van der Waals surface area contributed by atoms with Crippen molar-refractivity contribution in [3.63, 3.8) is 0 Å². The Morgan fingerprint density at radius 2 is 2.06 bits per heavy atom. The van der Waals surface area contributed by atoms with Crippen molar-refractivity contribution in [2.45, 2.75) is 13.8 Å². The number of halogens is 2. The molecule has 2 amide bonds. The second kappa shape index (κ2) is 10.3. The molecule has 1 heterocycles. The van der Waals surface area contributed by atoms with Crippen molar-refractivity contribution >= 4 is 57.3 Å². The summed E-state index contributed by atoms with van der Waals surface area (Å²) in [5.74, 6) is -1.35. The summed E-state index contributed by atoms with van der Waals surface area (Å²) in [6, 6.07) is 10.9. The third-order valence-electron chi connectivity index (χ3n) is 4.50. The maximum Gasteiger partial charge on any atom is 0.266 e. The van der Waals surface area contributed by atoms with Crippen LogP contribution in [0.25, 0.3) is 6.08 Å². The van der Waals surface area contributed by atoms with Gasteiger partial charge in [0.25, 0.3) is 5.91 Å². The molecule has 0 aliphatic rings. The third kappa shape index (κ3) is 5.37. The van der Waals surface area contributed by atoms with Gasteiger partial charge in [0, 0.05) is 23.4 Å². The van der Waals surface area contributed by atoms with E-state index in [1.165, 1.54) is 38.3 Å². The lowest BCUT2D eigenvalue weighted by molar-refractivity contribution is -0.116. The van der Waals surface area contributed by atoms with Gasteiger partial charge in [-0.15, -0.1) is 11.3 Å². The highest BCUT2D eigenvalue weighted by atomic mass is 35.5. The van der Waals surface area contributed by atoms with Gasteiger partial charge in [-0.2, -0.15) is 5.26 Å². The van der Waals surface area contributed by atoms with Crippen LogP contribution in [0.15, 0.2) is 47.4 Å². The minimum Gasteiger partial charge on any atom is -0.495 e. The van der Waals surface area contributed by atoms with Crippen LogP contribution in [0.1, 0.15) is 18.2 Å². The Morgan fingerprint density at radius 1 is 1.33 bits per heavy atom. The number of para-hydroxylation sites is 1. The molecule has 1 N–H and O–H groups in total. The van der Waals surface area contributed by atoms with Gasteiger partial charge in [0.1, 0.15) is 23.2 Å². The van der Waals surface area contributed by atoms with Crippen molar-refractivity contribution in [1.82, 2.24) is 4.98 Å². The number of nitrogens with one attached hydrogen (secondary N) is 1. The number of amides is 2. The van der Waals surface area contributed by atoms with Crippen LogP contribution in [0.5, 0.6) is 5.75 Å². The van der Waals surface area contributed by atoms with E-state index in [1.54, 1.807) is 30.5 Å². The van der Waals surface area contributed by atoms with Crippen LogP contribution in [-0.2, 0) is 9.59 Å². The van der Waals surface area contributed by atoms with Crippen LogP contribution >= 0.6 is 22.9 Å². The van der Waals surface area contributed by atoms with E-state index in [4.69, 9.17) is 16.3 Å². The zero-order valence-corrected chi connectivity index (χ0v) is 19.4. The van der Waals surface area contributed by atoms with Gasteiger partial charge in [-0.3, -0.25) is 14.5 Å². The number of nitriles is 1. The first kappa shape index (κ1) is 23.9. The van der Waals surface area contributed by atoms with Crippen molar-refractivity contribution in [1.29, 1.82) is 5.26 Å². The SMILES string of the molecule is COc1cc(Cl)c(C)cc1NC(=O)/C(C#N)=C/c1csc(N(C(C)=O)c2ccccc2F)n1. The highest BCUT2D eigenvalue weighted by molar-refractivity contribution is 7.14. The van der Waals surface area contributed by atoms with Gasteiger partial charge in [0.05, 0.1) is 24.2 Å². The minimum atomic E-state index is -0.676. The van der Waals surface area contributed by atoms with Crippen LogP contribution in [-0.4, -0.2) is 23.9 Å². The summed E-state index contributed by atoms with van der Waals surface area (Å²) < 4.78 is 19.5. The average molecular weight is 485 g/mol. The number of aryl methyl sites for hydroxylation is 1. The Balaban J connectivity index is 1.89. The van der Waals surface area contributed by atoms with Gasteiger partial charge < -0.3 is 10.1 Å². The van der Waals surface area contributed by atoms with Crippen LogP contribution < -0.4 is 15.0 Å². The zero-order valence-electron chi connectivity index (χ0n) is 17.8. The van der Waals surface area contributed by atoms with Crippen LogP contribution in [0.2, 0.25) is 5.02 Å². The van der Waals surface area contributed by atoms with Crippen molar-refractivity contribution in [2.75, 3.05) is 17.3 Å². The highest BCUT2D eigenvalue weighted by Crippen LogP contribution is 2.33. The largest absolute Gasteiger partial charge is 0.495 e. The molecule has 7 nitrogen and oxygen atoms in total. The molecule has 0 atom stereocenters. The minimum absolute atomic E-state index is 0.0540. The fourth-order valence-corrected chi connectivity index (χ4v) is 3.89. The van der Waals surface area contributed by atoms with Gasteiger partial charge in [-0.1, -0.05) is 23.7 Å². The molecule has 168 valence electrons. The number of thiazole rings is 1.